The molecule has 1 aromatic heterocycles. The number of anilines is 1. The number of aromatic nitrogens is 1. The Kier molecular flexibility index (Phi) is 2.03. The molecule has 19 heavy (non-hydrogen) atoms. The van der Waals surface area contributed by atoms with Gasteiger partial charge in [0.25, 0.3) is 0 Å². The van der Waals surface area contributed by atoms with Crippen LogP contribution in [0.25, 0.3) is 0 Å². The van der Waals surface area contributed by atoms with E-state index >= 15 is 0 Å². The molecule has 3 aliphatic rings. The van der Waals surface area contributed by atoms with Gasteiger partial charge in [0.1, 0.15) is 5.82 Å². The highest BCUT2D eigenvalue weighted by Gasteiger charge is 2.59. The van der Waals surface area contributed by atoms with E-state index in [4.69, 9.17) is 0 Å². The summed E-state index contributed by atoms with van der Waals surface area (Å²) in [6.45, 7) is 1.88. The average Bonchev–Trinajstić information content (AvgIpc) is 3.06. The minimum absolute atomic E-state index is 0.0614. The van der Waals surface area contributed by atoms with Gasteiger partial charge in [-0.05, 0) is 36.8 Å². The quantitative estimate of drug-likeness (QED) is 0.566. The van der Waals surface area contributed by atoms with E-state index in [9.17, 15) is 9.59 Å². The Morgan fingerprint density at radius 3 is 2.37 bits per heavy atom. The first-order chi connectivity index (χ1) is 9.18. The largest absolute Gasteiger partial charge is 0.274 e. The van der Waals surface area contributed by atoms with Gasteiger partial charge in [-0.1, -0.05) is 18.2 Å². The molecule has 4 nitrogen and oxygen atoms in total. The van der Waals surface area contributed by atoms with E-state index in [1.165, 1.54) is 4.90 Å². The number of allylic oxidation sites excluding steroid dienone is 2. The molecule has 1 saturated carbocycles. The van der Waals surface area contributed by atoms with E-state index in [0.717, 1.165) is 12.0 Å². The first kappa shape index (κ1) is 10.9. The maximum Gasteiger partial charge on any atom is 0.239 e. The van der Waals surface area contributed by atoms with Crippen LogP contribution >= 0.6 is 0 Å². The third kappa shape index (κ3) is 1.26. The monoisotopic (exact) mass is 254 g/mol. The summed E-state index contributed by atoms with van der Waals surface area (Å²) in [5, 5.41) is 0. The van der Waals surface area contributed by atoms with Crippen LogP contribution < -0.4 is 4.90 Å². The van der Waals surface area contributed by atoms with E-state index in [1.807, 2.05) is 19.1 Å². The highest BCUT2D eigenvalue weighted by molar-refractivity contribution is 6.22. The van der Waals surface area contributed by atoms with Crippen LogP contribution in [0.3, 0.4) is 0 Å². The number of carbonyl (C=O) groups excluding carboxylic acids is 2. The number of imide groups is 1. The molecule has 2 fully saturated rings. The number of rotatable bonds is 1. The Morgan fingerprint density at radius 2 is 1.79 bits per heavy atom. The fourth-order valence-electron chi connectivity index (χ4n) is 3.82. The molecule has 1 aromatic rings. The van der Waals surface area contributed by atoms with Crippen molar-refractivity contribution in [2.45, 2.75) is 13.3 Å². The number of hydrogen-bond donors (Lipinski definition) is 0. The fourth-order valence-corrected chi connectivity index (χ4v) is 3.82. The summed E-state index contributed by atoms with van der Waals surface area (Å²) in [6.07, 6.45) is 6.79. The van der Waals surface area contributed by atoms with Crippen molar-refractivity contribution in [3.63, 3.8) is 0 Å². The second-order valence-electron chi connectivity index (χ2n) is 5.66. The van der Waals surface area contributed by atoms with Gasteiger partial charge in [-0.15, -0.1) is 0 Å². The van der Waals surface area contributed by atoms with Crippen molar-refractivity contribution in [2.75, 3.05) is 4.90 Å². The van der Waals surface area contributed by atoms with Crippen LogP contribution in [0, 0.1) is 30.6 Å². The molecule has 96 valence electrons. The molecule has 0 aromatic carbocycles. The van der Waals surface area contributed by atoms with Crippen molar-refractivity contribution >= 4 is 17.6 Å². The van der Waals surface area contributed by atoms with Crippen molar-refractivity contribution in [2.24, 2.45) is 23.7 Å². The lowest BCUT2D eigenvalue weighted by molar-refractivity contribution is -0.123. The van der Waals surface area contributed by atoms with E-state index in [1.54, 1.807) is 6.20 Å². The summed E-state index contributed by atoms with van der Waals surface area (Å²) in [5.41, 5.74) is 0.865. The van der Waals surface area contributed by atoms with Crippen LogP contribution in [0.1, 0.15) is 12.0 Å². The number of aryl methyl sites for hydroxylation is 1. The van der Waals surface area contributed by atoms with E-state index in [-0.39, 0.29) is 35.5 Å². The number of hydrogen-bond acceptors (Lipinski definition) is 3. The Bertz CT molecular complexity index is 592. The van der Waals surface area contributed by atoms with Gasteiger partial charge in [0, 0.05) is 6.20 Å². The van der Waals surface area contributed by atoms with Gasteiger partial charge in [0.2, 0.25) is 11.8 Å². The van der Waals surface area contributed by atoms with Crippen molar-refractivity contribution in [3.05, 3.63) is 36.0 Å². The second kappa shape index (κ2) is 3.53. The average molecular weight is 254 g/mol. The van der Waals surface area contributed by atoms with Gasteiger partial charge < -0.3 is 0 Å². The first-order valence-corrected chi connectivity index (χ1v) is 6.66. The summed E-state index contributed by atoms with van der Waals surface area (Å²) >= 11 is 0. The topological polar surface area (TPSA) is 50.3 Å². The second-order valence-corrected chi connectivity index (χ2v) is 5.66. The normalized spacial score (nSPS) is 35.3. The SMILES string of the molecule is Cc1cccnc1N1C(=O)[C@H]2[C@H](C1=O)[C@H]1C=C[C@@H]2C1. The molecule has 2 aliphatic carbocycles. The zero-order valence-corrected chi connectivity index (χ0v) is 10.6. The third-order valence-corrected chi connectivity index (χ3v) is 4.66. The molecule has 4 heteroatoms. The summed E-state index contributed by atoms with van der Waals surface area (Å²) in [5.74, 6) is 0.586. The molecule has 4 atom stereocenters. The van der Waals surface area contributed by atoms with Crippen molar-refractivity contribution in [1.82, 2.24) is 4.98 Å². The van der Waals surface area contributed by atoms with Crippen LogP contribution in [0.15, 0.2) is 30.5 Å². The minimum atomic E-state index is -0.149. The number of pyridine rings is 1. The highest BCUT2D eigenvalue weighted by atomic mass is 16.2. The molecule has 0 radical (unpaired) electrons. The molecule has 4 rings (SSSR count). The molecule has 0 N–H and O–H groups in total. The fraction of sp³-hybridized carbons (Fsp3) is 0.400. The number of amides is 2. The number of carbonyl (C=O) groups is 2. The number of nitrogens with zero attached hydrogens (tertiary/aromatic N) is 2. The Balaban J connectivity index is 1.79. The van der Waals surface area contributed by atoms with E-state index in [2.05, 4.69) is 17.1 Å². The minimum Gasteiger partial charge on any atom is -0.274 e. The maximum absolute atomic E-state index is 12.6. The predicted octanol–water partition coefficient (Wildman–Crippen LogP) is 1.70. The summed E-state index contributed by atoms with van der Waals surface area (Å²) in [4.78, 5) is 30.7. The van der Waals surface area contributed by atoms with Crippen LogP contribution in [0.2, 0.25) is 0 Å². The summed E-state index contributed by atoms with van der Waals surface area (Å²) in [7, 11) is 0. The molecule has 2 amide bonds. The van der Waals surface area contributed by atoms with Crippen molar-refractivity contribution in [1.29, 1.82) is 0 Å². The zero-order chi connectivity index (χ0) is 13.1. The lowest BCUT2D eigenvalue weighted by Gasteiger charge is -2.17. The standard InChI is InChI=1S/C15H14N2O2/c1-8-3-2-6-16-13(8)17-14(18)11-9-4-5-10(7-9)12(11)15(17)19/h2-6,9-12H,7H2,1H3/t9-,10+,11-,12-/m1/s1. The van der Waals surface area contributed by atoms with Gasteiger partial charge in [-0.3, -0.25) is 9.59 Å². The van der Waals surface area contributed by atoms with Crippen molar-refractivity contribution in [3.8, 4) is 0 Å². The Hall–Kier alpha value is -1.97. The molecule has 1 saturated heterocycles. The summed E-state index contributed by atoms with van der Waals surface area (Å²) in [6, 6.07) is 3.69. The highest BCUT2D eigenvalue weighted by Crippen LogP contribution is 2.53. The van der Waals surface area contributed by atoms with Gasteiger partial charge in [-0.2, -0.15) is 0 Å². The van der Waals surface area contributed by atoms with Crippen LogP contribution in [-0.4, -0.2) is 16.8 Å². The zero-order valence-electron chi connectivity index (χ0n) is 10.6. The Morgan fingerprint density at radius 1 is 1.16 bits per heavy atom. The van der Waals surface area contributed by atoms with Crippen LogP contribution in [0.5, 0.6) is 0 Å². The first-order valence-electron chi connectivity index (χ1n) is 6.66. The van der Waals surface area contributed by atoms with Crippen LogP contribution in [-0.2, 0) is 9.59 Å². The third-order valence-electron chi connectivity index (χ3n) is 4.66. The van der Waals surface area contributed by atoms with Gasteiger partial charge in [-0.25, -0.2) is 9.88 Å². The summed E-state index contributed by atoms with van der Waals surface area (Å²) < 4.78 is 0. The molecule has 2 heterocycles. The molecule has 0 unspecified atom stereocenters. The maximum atomic E-state index is 12.6. The molecule has 1 aliphatic heterocycles. The molecule has 0 spiro atoms. The van der Waals surface area contributed by atoms with Crippen LogP contribution in [0.4, 0.5) is 5.82 Å². The van der Waals surface area contributed by atoms with E-state index < -0.39 is 0 Å². The molecular formula is C15H14N2O2. The smallest absolute Gasteiger partial charge is 0.239 e. The van der Waals surface area contributed by atoms with Gasteiger partial charge in [0.15, 0.2) is 0 Å². The lowest BCUT2D eigenvalue weighted by atomic mass is 9.85. The van der Waals surface area contributed by atoms with Gasteiger partial charge >= 0.3 is 0 Å². The molecule has 2 bridgehead atoms. The Labute approximate surface area is 111 Å². The number of fused-ring (bicyclic) bond motifs is 5. The van der Waals surface area contributed by atoms with Crippen molar-refractivity contribution < 1.29 is 9.59 Å². The molecular weight excluding hydrogens is 240 g/mol. The lowest BCUT2D eigenvalue weighted by Crippen LogP contribution is -2.34. The van der Waals surface area contributed by atoms with Gasteiger partial charge in [0.05, 0.1) is 11.8 Å². The predicted molar refractivity (Wildman–Crippen MR) is 69.2 cm³/mol. The van der Waals surface area contributed by atoms with E-state index in [0.29, 0.717) is 5.82 Å².